The van der Waals surface area contributed by atoms with E-state index in [0.717, 1.165) is 62.9 Å². The molecule has 0 atom stereocenters. The summed E-state index contributed by atoms with van der Waals surface area (Å²) in [7, 11) is 1.61. The normalized spacial score (nSPS) is 19.4. The third-order valence-corrected chi connectivity index (χ3v) is 5.36. The molecule has 1 saturated carbocycles. The van der Waals surface area contributed by atoms with Crippen molar-refractivity contribution in [2.75, 3.05) is 25.5 Å². The summed E-state index contributed by atoms with van der Waals surface area (Å²) >= 11 is 0. The highest BCUT2D eigenvalue weighted by molar-refractivity contribution is 5.94. The van der Waals surface area contributed by atoms with Gasteiger partial charge in [0, 0.05) is 24.9 Å². The Balaban J connectivity index is 1.92. The first-order valence-electron chi connectivity index (χ1n) is 10.2. The number of methoxy groups -OCH3 is 1. The minimum Gasteiger partial charge on any atom is -0.495 e. The summed E-state index contributed by atoms with van der Waals surface area (Å²) in [6, 6.07) is 5.76. The van der Waals surface area contributed by atoms with Crippen LogP contribution in [0.25, 0.3) is 0 Å². The minimum atomic E-state index is -0.0370. The third-order valence-electron chi connectivity index (χ3n) is 5.36. The number of rotatable bonds is 8. The van der Waals surface area contributed by atoms with Crippen LogP contribution in [0, 0.1) is 18.8 Å². The van der Waals surface area contributed by atoms with Crippen LogP contribution in [0.4, 0.5) is 5.69 Å². The zero-order valence-corrected chi connectivity index (χ0v) is 17.2. The molecule has 1 aliphatic rings. The van der Waals surface area contributed by atoms with Crippen molar-refractivity contribution in [1.82, 2.24) is 4.90 Å². The van der Waals surface area contributed by atoms with E-state index >= 15 is 0 Å². The average molecular weight is 375 g/mol. The third kappa shape index (κ3) is 5.72. The van der Waals surface area contributed by atoms with Crippen molar-refractivity contribution in [3.8, 4) is 5.75 Å². The number of anilines is 1. The van der Waals surface area contributed by atoms with Gasteiger partial charge in [0.25, 0.3) is 0 Å². The van der Waals surface area contributed by atoms with Crippen LogP contribution in [0.1, 0.15) is 57.9 Å². The van der Waals surface area contributed by atoms with E-state index in [-0.39, 0.29) is 23.7 Å². The molecule has 5 nitrogen and oxygen atoms in total. The van der Waals surface area contributed by atoms with Gasteiger partial charge >= 0.3 is 0 Å². The molecule has 27 heavy (non-hydrogen) atoms. The molecule has 1 aliphatic carbocycles. The zero-order chi connectivity index (χ0) is 19.8. The maximum Gasteiger partial charge on any atom is 0.227 e. The lowest BCUT2D eigenvalue weighted by molar-refractivity contribution is -0.138. The van der Waals surface area contributed by atoms with E-state index in [4.69, 9.17) is 4.74 Å². The van der Waals surface area contributed by atoms with E-state index in [1.54, 1.807) is 7.11 Å². The summed E-state index contributed by atoms with van der Waals surface area (Å²) in [6.45, 7) is 7.87. The van der Waals surface area contributed by atoms with Crippen LogP contribution >= 0.6 is 0 Å². The summed E-state index contributed by atoms with van der Waals surface area (Å²) in [5.41, 5.74) is 1.80. The lowest BCUT2D eigenvalue weighted by atomic mass is 9.80. The molecular formula is C22H34N2O3. The molecule has 0 spiro atoms. The molecular weight excluding hydrogens is 340 g/mol. The zero-order valence-electron chi connectivity index (χ0n) is 17.2. The van der Waals surface area contributed by atoms with Gasteiger partial charge in [-0.15, -0.1) is 0 Å². The monoisotopic (exact) mass is 374 g/mol. The Morgan fingerprint density at radius 2 is 1.67 bits per heavy atom. The van der Waals surface area contributed by atoms with Crippen molar-refractivity contribution >= 4 is 17.5 Å². The fraction of sp³-hybridized carbons (Fsp3) is 0.636. The Morgan fingerprint density at radius 3 is 2.22 bits per heavy atom. The van der Waals surface area contributed by atoms with E-state index in [0.29, 0.717) is 5.75 Å². The number of carbonyl (C=O) groups excluding carboxylic acids is 2. The van der Waals surface area contributed by atoms with Gasteiger partial charge in [-0.3, -0.25) is 9.59 Å². The molecule has 150 valence electrons. The topological polar surface area (TPSA) is 58.6 Å². The molecule has 0 unspecified atom stereocenters. The first kappa shape index (κ1) is 21.3. The number of aryl methyl sites for hydroxylation is 1. The Hall–Kier alpha value is -2.04. The fourth-order valence-corrected chi connectivity index (χ4v) is 3.89. The molecule has 0 bridgehead atoms. The Labute approximate surface area is 163 Å². The first-order valence-corrected chi connectivity index (χ1v) is 10.2. The quantitative estimate of drug-likeness (QED) is 0.734. The summed E-state index contributed by atoms with van der Waals surface area (Å²) in [4.78, 5) is 27.5. The van der Waals surface area contributed by atoms with Crippen molar-refractivity contribution in [2.24, 2.45) is 11.8 Å². The second kappa shape index (κ2) is 10.3. The van der Waals surface area contributed by atoms with Crippen molar-refractivity contribution < 1.29 is 14.3 Å². The van der Waals surface area contributed by atoms with Crippen molar-refractivity contribution in [3.05, 3.63) is 23.8 Å². The molecule has 0 saturated heterocycles. The molecule has 0 radical (unpaired) electrons. The second-order valence-electron chi connectivity index (χ2n) is 7.57. The van der Waals surface area contributed by atoms with Crippen LogP contribution < -0.4 is 10.1 Å². The highest BCUT2D eigenvalue weighted by Crippen LogP contribution is 2.32. The van der Waals surface area contributed by atoms with Gasteiger partial charge in [0.05, 0.1) is 12.8 Å². The molecule has 0 heterocycles. The number of nitrogens with zero attached hydrogens (tertiary/aromatic N) is 1. The second-order valence-corrected chi connectivity index (χ2v) is 7.57. The SMILES string of the molecule is CCCN(CCC)C(=O)C1CCC(C(=O)Nc2cc(C)ccc2OC)CC1. The molecule has 5 heteroatoms. The summed E-state index contributed by atoms with van der Waals surface area (Å²) in [5, 5.41) is 3.02. The van der Waals surface area contributed by atoms with Crippen LogP contribution in [-0.4, -0.2) is 36.9 Å². The van der Waals surface area contributed by atoms with Crippen LogP contribution in [0.5, 0.6) is 5.75 Å². The molecule has 1 aromatic carbocycles. The number of hydrogen-bond acceptors (Lipinski definition) is 3. The molecule has 1 fully saturated rings. The number of carbonyl (C=O) groups is 2. The van der Waals surface area contributed by atoms with Crippen LogP contribution in [0.2, 0.25) is 0 Å². The highest BCUT2D eigenvalue weighted by atomic mass is 16.5. The van der Waals surface area contributed by atoms with E-state index in [1.165, 1.54) is 0 Å². The summed E-state index contributed by atoms with van der Waals surface area (Å²) in [6.07, 6.45) is 5.10. The number of ether oxygens (including phenoxy) is 1. The lowest BCUT2D eigenvalue weighted by Gasteiger charge is -2.31. The lowest BCUT2D eigenvalue weighted by Crippen LogP contribution is -2.39. The molecule has 2 amide bonds. The van der Waals surface area contributed by atoms with Crippen molar-refractivity contribution in [2.45, 2.75) is 59.3 Å². The van der Waals surface area contributed by atoms with Crippen molar-refractivity contribution in [1.29, 1.82) is 0 Å². The summed E-state index contributed by atoms with van der Waals surface area (Å²) in [5.74, 6) is 1.01. The minimum absolute atomic E-state index is 0.0313. The Morgan fingerprint density at radius 1 is 1.07 bits per heavy atom. The number of benzene rings is 1. The van der Waals surface area contributed by atoms with Crippen molar-refractivity contribution in [3.63, 3.8) is 0 Å². The summed E-state index contributed by atoms with van der Waals surface area (Å²) < 4.78 is 5.34. The number of amides is 2. The smallest absolute Gasteiger partial charge is 0.227 e. The van der Waals surface area contributed by atoms with Gasteiger partial charge in [-0.25, -0.2) is 0 Å². The molecule has 2 rings (SSSR count). The van der Waals surface area contributed by atoms with Gasteiger partial charge in [0.15, 0.2) is 0 Å². The van der Waals surface area contributed by atoms with Gasteiger partial charge in [-0.2, -0.15) is 0 Å². The van der Waals surface area contributed by atoms with Crippen LogP contribution in [-0.2, 0) is 9.59 Å². The van der Waals surface area contributed by atoms with Crippen LogP contribution in [0.15, 0.2) is 18.2 Å². The van der Waals surface area contributed by atoms with Gasteiger partial charge in [-0.05, 0) is 63.1 Å². The maximum absolute atomic E-state index is 12.8. The molecule has 1 aromatic rings. The average Bonchev–Trinajstić information content (AvgIpc) is 2.67. The molecule has 1 N–H and O–H groups in total. The predicted octanol–water partition coefficient (Wildman–Crippen LogP) is 4.40. The van der Waals surface area contributed by atoms with E-state index in [2.05, 4.69) is 19.2 Å². The molecule has 0 aromatic heterocycles. The predicted molar refractivity (Wildman–Crippen MR) is 109 cm³/mol. The van der Waals surface area contributed by atoms with E-state index < -0.39 is 0 Å². The first-order chi connectivity index (χ1) is 13.0. The Kier molecular flexibility index (Phi) is 8.14. The van der Waals surface area contributed by atoms with Gasteiger partial charge in [0.2, 0.25) is 11.8 Å². The van der Waals surface area contributed by atoms with Gasteiger partial charge in [0.1, 0.15) is 5.75 Å². The highest BCUT2D eigenvalue weighted by Gasteiger charge is 2.32. The van der Waals surface area contributed by atoms with Crippen LogP contribution in [0.3, 0.4) is 0 Å². The fourth-order valence-electron chi connectivity index (χ4n) is 3.89. The standard InChI is InChI=1S/C22H34N2O3/c1-5-13-24(14-6-2)22(26)18-10-8-17(9-11-18)21(25)23-19-15-16(3)7-12-20(19)27-4/h7,12,15,17-18H,5-6,8-11,13-14H2,1-4H3,(H,23,25). The molecule has 0 aliphatic heterocycles. The van der Waals surface area contributed by atoms with E-state index in [1.807, 2.05) is 30.0 Å². The maximum atomic E-state index is 12.8. The number of nitrogens with one attached hydrogen (secondary N) is 1. The van der Waals surface area contributed by atoms with Gasteiger partial charge in [-0.1, -0.05) is 19.9 Å². The van der Waals surface area contributed by atoms with E-state index in [9.17, 15) is 9.59 Å². The van der Waals surface area contributed by atoms with Gasteiger partial charge < -0.3 is 15.0 Å². The largest absolute Gasteiger partial charge is 0.495 e. The number of hydrogen-bond donors (Lipinski definition) is 1. The Bertz CT molecular complexity index is 630.